The van der Waals surface area contributed by atoms with Gasteiger partial charge in [-0.25, -0.2) is 0 Å². The smallest absolute Gasteiger partial charge is 0.321 e. The van der Waals surface area contributed by atoms with Gasteiger partial charge in [-0.15, -0.1) is 0 Å². The third kappa shape index (κ3) is 6.16. The van der Waals surface area contributed by atoms with Gasteiger partial charge in [0, 0.05) is 49.1 Å². The molecular weight excluding hydrogens is 554 g/mol. The molecule has 0 amide bonds. The van der Waals surface area contributed by atoms with Gasteiger partial charge in [-0.1, -0.05) is 48.5 Å². The molecular formula is C36H35N3O5. The fraction of sp³-hybridized carbons (Fsp3) is 0.306. The van der Waals surface area contributed by atoms with Crippen LogP contribution in [0.15, 0.2) is 73.1 Å². The fourth-order valence-corrected chi connectivity index (χ4v) is 6.45. The van der Waals surface area contributed by atoms with E-state index in [1.54, 1.807) is 12.3 Å². The van der Waals surface area contributed by atoms with Gasteiger partial charge in [0.15, 0.2) is 0 Å². The summed E-state index contributed by atoms with van der Waals surface area (Å²) >= 11 is 0. The monoisotopic (exact) mass is 589 g/mol. The largest absolute Gasteiger partial charge is 0.488 e. The van der Waals surface area contributed by atoms with E-state index in [1.165, 1.54) is 17.3 Å². The number of carboxylic acids is 1. The van der Waals surface area contributed by atoms with Crippen LogP contribution in [0.1, 0.15) is 51.8 Å². The molecule has 1 aromatic heterocycles. The summed E-state index contributed by atoms with van der Waals surface area (Å²) in [5.41, 5.74) is 8.99. The van der Waals surface area contributed by atoms with E-state index in [9.17, 15) is 20.3 Å². The summed E-state index contributed by atoms with van der Waals surface area (Å²) in [6.45, 7) is 3.34. The van der Waals surface area contributed by atoms with Crippen LogP contribution in [0.25, 0.3) is 11.1 Å². The first-order chi connectivity index (χ1) is 21.4. The number of aliphatic hydroxyl groups excluding tert-OH is 1. The van der Waals surface area contributed by atoms with Crippen molar-refractivity contribution in [3.05, 3.63) is 112 Å². The Hall–Kier alpha value is -4.71. The van der Waals surface area contributed by atoms with Gasteiger partial charge < -0.3 is 19.7 Å². The predicted octanol–water partition coefficient (Wildman–Crippen LogP) is 5.60. The Bertz CT molecular complexity index is 1720. The Labute approximate surface area is 257 Å². The zero-order valence-electron chi connectivity index (χ0n) is 24.7. The fourth-order valence-electron chi connectivity index (χ4n) is 6.45. The molecule has 2 aliphatic rings. The number of carbonyl (C=O) groups is 1. The average molecular weight is 590 g/mol. The zero-order chi connectivity index (χ0) is 30.6. The Balaban J connectivity index is 1.33. The first-order valence-corrected chi connectivity index (χ1v) is 15.0. The molecule has 1 aliphatic carbocycles. The van der Waals surface area contributed by atoms with Crippen molar-refractivity contribution in [3.8, 4) is 28.7 Å². The number of hydrogen-bond donors (Lipinski definition) is 2. The number of aliphatic carboxylic acids is 1. The third-order valence-corrected chi connectivity index (χ3v) is 8.70. The Morgan fingerprint density at radius 1 is 1.02 bits per heavy atom. The number of nitriles is 1. The standard InChI is InChI=1S/C36H35N3O5/c1-23-27(9-5-10-29(23)26-7-3-2-4-8-26)22-44-34-15-35(43-21-25-13-24(16-37)17-38-18-25)32(30-11-6-12-31(30)34)20-39-19-28(40)14-33(39)36(41)42/h2-5,7-10,13,15,17-18,28,33,40H,6,11-12,14,19-22H2,1H3,(H,41,42)/t28-,33+/m1/s1. The molecule has 8 heteroatoms. The van der Waals surface area contributed by atoms with Crippen LogP contribution in [0, 0.1) is 18.3 Å². The number of likely N-dealkylation sites (tertiary alicyclic amines) is 1. The van der Waals surface area contributed by atoms with Gasteiger partial charge in [-0.2, -0.15) is 5.26 Å². The summed E-state index contributed by atoms with van der Waals surface area (Å²) in [7, 11) is 0. The van der Waals surface area contributed by atoms with E-state index in [0.29, 0.717) is 24.5 Å². The number of aliphatic hydroxyl groups is 1. The molecule has 0 radical (unpaired) electrons. The summed E-state index contributed by atoms with van der Waals surface area (Å²) in [5.74, 6) is 0.442. The first kappa shape index (κ1) is 29.4. The number of fused-ring (bicyclic) bond motifs is 1. The van der Waals surface area contributed by atoms with Gasteiger partial charge in [-0.3, -0.25) is 14.7 Å². The first-order valence-electron chi connectivity index (χ1n) is 15.0. The van der Waals surface area contributed by atoms with Gasteiger partial charge in [0.2, 0.25) is 0 Å². The summed E-state index contributed by atoms with van der Waals surface area (Å²) in [4.78, 5) is 18.0. The van der Waals surface area contributed by atoms with Gasteiger partial charge in [-0.05, 0) is 65.6 Å². The molecule has 2 N–H and O–H groups in total. The highest BCUT2D eigenvalue weighted by molar-refractivity contribution is 5.74. The molecule has 224 valence electrons. The van der Waals surface area contributed by atoms with E-state index in [-0.39, 0.29) is 19.6 Å². The molecule has 2 atom stereocenters. The van der Waals surface area contributed by atoms with Crippen LogP contribution < -0.4 is 9.47 Å². The van der Waals surface area contributed by atoms with Crippen molar-refractivity contribution in [3.63, 3.8) is 0 Å². The molecule has 6 rings (SSSR count). The molecule has 0 unspecified atom stereocenters. The second-order valence-corrected chi connectivity index (χ2v) is 11.6. The van der Waals surface area contributed by atoms with Crippen molar-refractivity contribution in [1.29, 1.82) is 5.26 Å². The lowest BCUT2D eigenvalue weighted by atomic mass is 9.97. The molecule has 0 saturated carbocycles. The van der Waals surface area contributed by atoms with Gasteiger partial charge in [0.05, 0.1) is 11.7 Å². The molecule has 0 spiro atoms. The molecule has 4 aromatic rings. The number of nitrogens with zero attached hydrogens (tertiary/aromatic N) is 3. The highest BCUT2D eigenvalue weighted by Crippen LogP contribution is 2.41. The second kappa shape index (κ2) is 12.9. The molecule has 0 bridgehead atoms. The van der Waals surface area contributed by atoms with E-state index in [2.05, 4.69) is 48.3 Å². The average Bonchev–Trinajstić information content (AvgIpc) is 3.68. The lowest BCUT2D eigenvalue weighted by Crippen LogP contribution is -2.35. The van der Waals surface area contributed by atoms with Crippen molar-refractivity contribution in [2.24, 2.45) is 0 Å². The minimum Gasteiger partial charge on any atom is -0.488 e. The van der Waals surface area contributed by atoms with Gasteiger partial charge in [0.1, 0.15) is 36.8 Å². The lowest BCUT2D eigenvalue weighted by molar-refractivity contribution is -0.142. The van der Waals surface area contributed by atoms with Crippen LogP contribution in [0.4, 0.5) is 0 Å². The van der Waals surface area contributed by atoms with Crippen LogP contribution in [0.2, 0.25) is 0 Å². The molecule has 2 heterocycles. The van der Waals surface area contributed by atoms with Crippen LogP contribution in [-0.2, 0) is 37.4 Å². The van der Waals surface area contributed by atoms with Crippen molar-refractivity contribution in [1.82, 2.24) is 9.88 Å². The minimum atomic E-state index is -0.937. The summed E-state index contributed by atoms with van der Waals surface area (Å²) in [6.07, 6.45) is 5.35. The van der Waals surface area contributed by atoms with Crippen molar-refractivity contribution < 1.29 is 24.5 Å². The van der Waals surface area contributed by atoms with Gasteiger partial charge in [0.25, 0.3) is 0 Å². The highest BCUT2D eigenvalue weighted by Gasteiger charge is 2.37. The molecule has 1 fully saturated rings. The molecule has 3 aromatic carbocycles. The highest BCUT2D eigenvalue weighted by atomic mass is 16.5. The maximum Gasteiger partial charge on any atom is 0.321 e. The van der Waals surface area contributed by atoms with E-state index in [0.717, 1.165) is 58.4 Å². The Morgan fingerprint density at radius 2 is 1.82 bits per heavy atom. The number of benzene rings is 3. The SMILES string of the molecule is Cc1c(COc2cc(OCc3cncc(C#N)c3)c(CN3C[C@H](O)C[C@H]3C(=O)O)c3c2CCC3)cccc1-c1ccccc1. The van der Waals surface area contributed by atoms with Crippen LogP contribution in [-0.4, -0.2) is 44.8 Å². The number of aromatic nitrogens is 1. The third-order valence-electron chi connectivity index (χ3n) is 8.70. The van der Waals surface area contributed by atoms with Crippen LogP contribution in [0.5, 0.6) is 11.5 Å². The second-order valence-electron chi connectivity index (χ2n) is 11.6. The molecule has 44 heavy (non-hydrogen) atoms. The summed E-state index contributed by atoms with van der Waals surface area (Å²) in [6, 6.07) is 21.6. The number of rotatable bonds is 10. The van der Waals surface area contributed by atoms with Crippen molar-refractivity contribution in [2.75, 3.05) is 6.54 Å². The van der Waals surface area contributed by atoms with Gasteiger partial charge >= 0.3 is 5.97 Å². The number of carboxylic acid groups (broad SMARTS) is 1. The van der Waals surface area contributed by atoms with E-state index >= 15 is 0 Å². The van der Waals surface area contributed by atoms with Crippen molar-refractivity contribution >= 4 is 5.97 Å². The Kier molecular flexibility index (Phi) is 8.60. The molecule has 8 nitrogen and oxygen atoms in total. The number of β-amino-alcohol motifs (C(OH)–C–C–N with tert-alkyl or cyclic N) is 1. The normalized spacial score (nSPS) is 17.7. The number of pyridine rings is 1. The maximum absolute atomic E-state index is 12.0. The van der Waals surface area contributed by atoms with Crippen LogP contribution >= 0.6 is 0 Å². The minimum absolute atomic E-state index is 0.191. The predicted molar refractivity (Wildman–Crippen MR) is 165 cm³/mol. The zero-order valence-corrected chi connectivity index (χ0v) is 24.7. The number of hydrogen-bond acceptors (Lipinski definition) is 7. The van der Waals surface area contributed by atoms with Crippen LogP contribution in [0.3, 0.4) is 0 Å². The number of ether oxygens (including phenoxy) is 2. The van der Waals surface area contributed by atoms with Crippen molar-refractivity contribution in [2.45, 2.75) is 64.5 Å². The topological polar surface area (TPSA) is 116 Å². The van der Waals surface area contributed by atoms with E-state index < -0.39 is 18.1 Å². The Morgan fingerprint density at radius 3 is 2.61 bits per heavy atom. The summed E-state index contributed by atoms with van der Waals surface area (Å²) in [5, 5.41) is 29.5. The maximum atomic E-state index is 12.0. The van der Waals surface area contributed by atoms with E-state index in [4.69, 9.17) is 9.47 Å². The van der Waals surface area contributed by atoms with E-state index in [1.807, 2.05) is 29.2 Å². The lowest BCUT2D eigenvalue weighted by Gasteiger charge is -2.25. The summed E-state index contributed by atoms with van der Waals surface area (Å²) < 4.78 is 13.0. The molecule has 1 aliphatic heterocycles. The molecule has 1 saturated heterocycles. The quantitative estimate of drug-likeness (QED) is 0.246.